The molecule has 1 aromatic carbocycles. The Hall–Kier alpha value is -1.00. The van der Waals surface area contributed by atoms with Crippen LogP contribution < -0.4 is 4.74 Å². The molecule has 0 unspecified atom stereocenters. The normalized spacial score (nSPS) is 10.3. The van der Waals surface area contributed by atoms with Crippen molar-refractivity contribution >= 4 is 24.0 Å². The summed E-state index contributed by atoms with van der Waals surface area (Å²) in [5.74, 6) is 1.54. The van der Waals surface area contributed by atoms with E-state index in [0.29, 0.717) is 5.75 Å². The number of methoxy groups -OCH3 is 1. The van der Waals surface area contributed by atoms with Crippen molar-refractivity contribution in [2.75, 3.05) is 7.11 Å². The molecule has 2 rings (SSSR count). The van der Waals surface area contributed by atoms with Crippen LogP contribution in [0, 0.1) is 0 Å². The van der Waals surface area contributed by atoms with E-state index in [1.54, 1.807) is 18.4 Å². The molecule has 1 aromatic heterocycles. The highest BCUT2D eigenvalue weighted by atomic mass is 32.1. The van der Waals surface area contributed by atoms with Crippen molar-refractivity contribution in [2.45, 2.75) is 5.75 Å². The Labute approximate surface area is 98.3 Å². The summed E-state index contributed by atoms with van der Waals surface area (Å²) in [6, 6.07) is 7.91. The minimum atomic E-state index is 0.681. The molecule has 4 heteroatoms. The van der Waals surface area contributed by atoms with Gasteiger partial charge in [-0.15, -0.1) is 11.3 Å². The van der Waals surface area contributed by atoms with E-state index in [0.717, 1.165) is 22.0 Å². The summed E-state index contributed by atoms with van der Waals surface area (Å²) in [5, 5.41) is 3.04. The monoisotopic (exact) mass is 237 g/mol. The number of thiazole rings is 1. The Morgan fingerprint density at radius 1 is 1.47 bits per heavy atom. The van der Waals surface area contributed by atoms with Crippen LogP contribution in [0.1, 0.15) is 5.69 Å². The van der Waals surface area contributed by atoms with Gasteiger partial charge in [-0.05, 0) is 12.1 Å². The quantitative estimate of drug-likeness (QED) is 0.828. The number of nitrogens with zero attached hydrogens (tertiary/aromatic N) is 1. The maximum atomic E-state index is 5.17. The third-order valence-corrected chi connectivity index (χ3v) is 3.29. The fraction of sp³-hybridized carbons (Fsp3) is 0.182. The van der Waals surface area contributed by atoms with Gasteiger partial charge in [-0.3, -0.25) is 0 Å². The Balaban J connectivity index is 2.35. The lowest BCUT2D eigenvalue weighted by atomic mass is 10.2. The molecular weight excluding hydrogens is 226 g/mol. The molecule has 78 valence electrons. The van der Waals surface area contributed by atoms with Crippen LogP contribution in [0.5, 0.6) is 5.75 Å². The van der Waals surface area contributed by atoms with Gasteiger partial charge in [0, 0.05) is 16.7 Å². The topological polar surface area (TPSA) is 22.1 Å². The van der Waals surface area contributed by atoms with Gasteiger partial charge >= 0.3 is 0 Å². The first-order valence-corrected chi connectivity index (χ1v) is 6.04. The predicted molar refractivity (Wildman–Crippen MR) is 66.8 cm³/mol. The molecule has 0 atom stereocenters. The van der Waals surface area contributed by atoms with E-state index in [9.17, 15) is 0 Å². The lowest BCUT2D eigenvalue weighted by Gasteiger charge is -2.00. The molecular formula is C11H11NOS2. The molecule has 2 aromatic rings. The molecule has 15 heavy (non-hydrogen) atoms. The molecule has 1 heterocycles. The molecule has 0 bridgehead atoms. The number of ether oxygens (including phenoxy) is 1. The van der Waals surface area contributed by atoms with Crippen LogP contribution in [0.2, 0.25) is 0 Å². The first-order valence-electron chi connectivity index (χ1n) is 4.53. The van der Waals surface area contributed by atoms with Crippen molar-refractivity contribution in [2.24, 2.45) is 0 Å². The Morgan fingerprint density at radius 2 is 2.33 bits per heavy atom. The van der Waals surface area contributed by atoms with Crippen LogP contribution in [-0.2, 0) is 5.75 Å². The maximum absolute atomic E-state index is 5.17. The van der Waals surface area contributed by atoms with Crippen molar-refractivity contribution in [3.05, 3.63) is 35.3 Å². The number of rotatable bonds is 3. The van der Waals surface area contributed by atoms with Crippen molar-refractivity contribution in [3.8, 4) is 16.3 Å². The maximum Gasteiger partial charge on any atom is 0.123 e. The lowest BCUT2D eigenvalue weighted by molar-refractivity contribution is 0.415. The van der Waals surface area contributed by atoms with Crippen LogP contribution in [-0.4, -0.2) is 12.1 Å². The average Bonchev–Trinajstić information content (AvgIpc) is 2.78. The fourth-order valence-electron chi connectivity index (χ4n) is 1.27. The van der Waals surface area contributed by atoms with E-state index in [4.69, 9.17) is 4.74 Å². The summed E-state index contributed by atoms with van der Waals surface area (Å²) < 4.78 is 5.17. The largest absolute Gasteiger partial charge is 0.497 e. The Kier molecular flexibility index (Phi) is 3.28. The average molecular weight is 237 g/mol. The van der Waals surface area contributed by atoms with Crippen LogP contribution in [0.3, 0.4) is 0 Å². The molecule has 0 radical (unpaired) electrons. The first-order chi connectivity index (χ1) is 7.33. The molecule has 0 spiro atoms. The lowest BCUT2D eigenvalue weighted by Crippen LogP contribution is -1.83. The second-order valence-corrected chi connectivity index (χ2v) is 4.21. The standard InChI is InChI=1S/C11H11NOS2/c1-13-10-4-2-3-8(5-10)11-12-9(6-14)7-15-11/h2-5,7,14H,6H2,1H3. The van der Waals surface area contributed by atoms with Gasteiger partial charge in [-0.25, -0.2) is 4.98 Å². The zero-order chi connectivity index (χ0) is 10.7. The number of thiol groups is 1. The van der Waals surface area contributed by atoms with Crippen molar-refractivity contribution in [3.63, 3.8) is 0 Å². The zero-order valence-electron chi connectivity index (χ0n) is 8.30. The van der Waals surface area contributed by atoms with Gasteiger partial charge in [0.15, 0.2) is 0 Å². The fourth-order valence-corrected chi connectivity index (χ4v) is 2.37. The first kappa shape index (κ1) is 10.5. The van der Waals surface area contributed by atoms with Gasteiger partial charge in [0.25, 0.3) is 0 Å². The van der Waals surface area contributed by atoms with Gasteiger partial charge in [0.2, 0.25) is 0 Å². The van der Waals surface area contributed by atoms with Gasteiger partial charge in [0.05, 0.1) is 12.8 Å². The minimum absolute atomic E-state index is 0.681. The van der Waals surface area contributed by atoms with E-state index < -0.39 is 0 Å². The summed E-state index contributed by atoms with van der Waals surface area (Å²) >= 11 is 5.82. The van der Waals surface area contributed by atoms with Crippen molar-refractivity contribution < 1.29 is 4.74 Å². The SMILES string of the molecule is COc1cccc(-c2nc(CS)cs2)c1. The van der Waals surface area contributed by atoms with Crippen molar-refractivity contribution in [1.29, 1.82) is 0 Å². The van der Waals surface area contributed by atoms with Crippen LogP contribution in [0.15, 0.2) is 29.6 Å². The highest BCUT2D eigenvalue weighted by molar-refractivity contribution is 7.79. The van der Waals surface area contributed by atoms with Crippen molar-refractivity contribution in [1.82, 2.24) is 4.98 Å². The molecule has 0 saturated carbocycles. The van der Waals surface area contributed by atoms with E-state index in [1.165, 1.54) is 0 Å². The summed E-state index contributed by atoms with van der Waals surface area (Å²) in [7, 11) is 1.67. The smallest absolute Gasteiger partial charge is 0.123 e. The second kappa shape index (κ2) is 4.68. The highest BCUT2D eigenvalue weighted by Gasteiger charge is 2.04. The van der Waals surface area contributed by atoms with E-state index in [2.05, 4.69) is 17.6 Å². The molecule has 0 saturated heterocycles. The number of benzene rings is 1. The molecule has 0 fully saturated rings. The van der Waals surface area contributed by atoms with Crippen LogP contribution in [0.4, 0.5) is 0 Å². The predicted octanol–water partition coefficient (Wildman–Crippen LogP) is 3.25. The van der Waals surface area contributed by atoms with Gasteiger partial charge in [0.1, 0.15) is 10.8 Å². The zero-order valence-corrected chi connectivity index (χ0v) is 10.0. The Morgan fingerprint density at radius 3 is 3.00 bits per heavy atom. The molecule has 0 aliphatic carbocycles. The van der Waals surface area contributed by atoms with E-state index >= 15 is 0 Å². The number of hydrogen-bond donors (Lipinski definition) is 1. The molecule has 0 aliphatic rings. The summed E-state index contributed by atoms with van der Waals surface area (Å²) in [6.07, 6.45) is 0. The number of hydrogen-bond acceptors (Lipinski definition) is 4. The van der Waals surface area contributed by atoms with E-state index in [-0.39, 0.29) is 0 Å². The third-order valence-electron chi connectivity index (χ3n) is 2.03. The van der Waals surface area contributed by atoms with Gasteiger partial charge in [-0.2, -0.15) is 12.6 Å². The molecule has 2 nitrogen and oxygen atoms in total. The third kappa shape index (κ3) is 2.33. The van der Waals surface area contributed by atoms with Gasteiger partial charge < -0.3 is 4.74 Å². The highest BCUT2D eigenvalue weighted by Crippen LogP contribution is 2.27. The molecule has 0 aliphatic heterocycles. The Bertz CT molecular complexity index is 453. The summed E-state index contributed by atoms with van der Waals surface area (Å²) in [5.41, 5.74) is 2.11. The molecule has 0 amide bonds. The number of aromatic nitrogens is 1. The van der Waals surface area contributed by atoms with E-state index in [1.807, 2.05) is 29.6 Å². The second-order valence-electron chi connectivity index (χ2n) is 3.03. The summed E-state index contributed by atoms with van der Waals surface area (Å²) in [6.45, 7) is 0. The van der Waals surface area contributed by atoms with Crippen LogP contribution >= 0.6 is 24.0 Å². The van der Waals surface area contributed by atoms with Crippen LogP contribution in [0.25, 0.3) is 10.6 Å². The van der Waals surface area contributed by atoms with Gasteiger partial charge in [-0.1, -0.05) is 12.1 Å². The summed E-state index contributed by atoms with van der Waals surface area (Å²) in [4.78, 5) is 4.46. The molecule has 0 N–H and O–H groups in total. The minimum Gasteiger partial charge on any atom is -0.497 e.